The molecule has 0 amide bonds. The highest BCUT2D eigenvalue weighted by Gasteiger charge is 2.17. The number of hydrogen-bond donors (Lipinski definition) is 1. The molecule has 1 aromatic heterocycles. The van der Waals surface area contributed by atoms with Crippen LogP contribution >= 0.6 is 0 Å². The SMILES string of the molecule is C=C(/C=C(\CC(C)F)N(CCOC)Cc1cnc[nH]1)[N+](=O)[O-]. The van der Waals surface area contributed by atoms with Crippen molar-refractivity contribution in [1.82, 2.24) is 14.9 Å². The summed E-state index contributed by atoms with van der Waals surface area (Å²) in [6.45, 7) is 6.10. The fraction of sp³-hybridized carbons (Fsp3) is 0.500. The molecule has 0 aromatic carbocycles. The van der Waals surface area contributed by atoms with Gasteiger partial charge in [-0.1, -0.05) is 0 Å². The Balaban J connectivity index is 2.99. The molecule has 0 aliphatic carbocycles. The first-order valence-corrected chi connectivity index (χ1v) is 6.83. The van der Waals surface area contributed by atoms with Gasteiger partial charge in [-0.25, -0.2) is 9.37 Å². The lowest BCUT2D eigenvalue weighted by Gasteiger charge is -2.27. The van der Waals surface area contributed by atoms with Gasteiger partial charge >= 0.3 is 0 Å². The molecular formula is C14H21FN4O3. The molecule has 7 nitrogen and oxygen atoms in total. The highest BCUT2D eigenvalue weighted by atomic mass is 19.1. The number of halogens is 1. The van der Waals surface area contributed by atoms with Crippen molar-refractivity contribution in [1.29, 1.82) is 0 Å². The molecule has 0 spiro atoms. The molecule has 0 bridgehead atoms. The molecule has 1 heterocycles. The van der Waals surface area contributed by atoms with Crippen LogP contribution in [0.3, 0.4) is 0 Å². The molecule has 0 aliphatic rings. The highest BCUT2D eigenvalue weighted by Crippen LogP contribution is 2.18. The number of methoxy groups -OCH3 is 1. The van der Waals surface area contributed by atoms with Crippen molar-refractivity contribution in [3.05, 3.63) is 52.4 Å². The fourth-order valence-electron chi connectivity index (χ4n) is 1.91. The van der Waals surface area contributed by atoms with E-state index >= 15 is 0 Å². The van der Waals surface area contributed by atoms with Gasteiger partial charge in [0.2, 0.25) is 0 Å². The lowest BCUT2D eigenvalue weighted by molar-refractivity contribution is -0.418. The number of nitrogens with zero attached hydrogens (tertiary/aromatic N) is 3. The zero-order valence-electron chi connectivity index (χ0n) is 12.8. The Morgan fingerprint density at radius 2 is 2.45 bits per heavy atom. The van der Waals surface area contributed by atoms with Gasteiger partial charge in [-0.3, -0.25) is 10.1 Å². The molecular weight excluding hydrogens is 291 g/mol. The number of alkyl halides is 1. The van der Waals surface area contributed by atoms with E-state index in [1.54, 1.807) is 19.6 Å². The van der Waals surface area contributed by atoms with E-state index in [0.29, 0.717) is 25.4 Å². The highest BCUT2D eigenvalue weighted by molar-refractivity contribution is 5.16. The minimum atomic E-state index is -1.13. The van der Waals surface area contributed by atoms with E-state index in [9.17, 15) is 14.5 Å². The zero-order valence-corrected chi connectivity index (χ0v) is 12.8. The standard InChI is InChI=1S/C14H21FN4O3/c1-11(15)6-14(7-12(2)19(20)21)18(4-5-22-3)9-13-8-16-10-17-13/h7-8,10-11H,2,4-6,9H2,1,3H3,(H,16,17)/b14-7+. The molecule has 8 heteroatoms. The molecule has 122 valence electrons. The summed E-state index contributed by atoms with van der Waals surface area (Å²) in [5, 5.41) is 10.8. The van der Waals surface area contributed by atoms with Crippen LogP contribution in [0.25, 0.3) is 0 Å². The third-order valence-electron chi connectivity index (χ3n) is 2.95. The quantitative estimate of drug-likeness (QED) is 0.407. The number of rotatable bonds is 10. The molecule has 0 saturated heterocycles. The lowest BCUT2D eigenvalue weighted by atomic mass is 10.1. The average molecular weight is 312 g/mol. The molecule has 0 aliphatic heterocycles. The lowest BCUT2D eigenvalue weighted by Crippen LogP contribution is -2.28. The van der Waals surface area contributed by atoms with E-state index in [-0.39, 0.29) is 12.1 Å². The summed E-state index contributed by atoms with van der Waals surface area (Å²) in [5.41, 5.74) is 1.05. The monoisotopic (exact) mass is 312 g/mol. The number of hydrogen-bond acceptors (Lipinski definition) is 5. The van der Waals surface area contributed by atoms with Crippen LogP contribution in [0, 0.1) is 10.1 Å². The minimum Gasteiger partial charge on any atom is -0.383 e. The van der Waals surface area contributed by atoms with Crippen molar-refractivity contribution >= 4 is 0 Å². The number of nitrogens with one attached hydrogen (secondary N) is 1. The van der Waals surface area contributed by atoms with Crippen molar-refractivity contribution in [2.45, 2.75) is 26.1 Å². The molecule has 1 atom stereocenters. The van der Waals surface area contributed by atoms with Gasteiger partial charge in [0.1, 0.15) is 6.17 Å². The van der Waals surface area contributed by atoms with Crippen LogP contribution in [-0.4, -0.2) is 46.2 Å². The summed E-state index contributed by atoms with van der Waals surface area (Å²) in [7, 11) is 1.56. The summed E-state index contributed by atoms with van der Waals surface area (Å²) < 4.78 is 18.5. The van der Waals surface area contributed by atoms with Crippen LogP contribution in [-0.2, 0) is 11.3 Å². The summed E-state index contributed by atoms with van der Waals surface area (Å²) in [6.07, 6.45) is 3.43. The van der Waals surface area contributed by atoms with Crippen molar-refractivity contribution < 1.29 is 14.1 Å². The second-order valence-corrected chi connectivity index (χ2v) is 4.86. The number of aromatic nitrogens is 2. The maximum absolute atomic E-state index is 13.4. The zero-order chi connectivity index (χ0) is 16.5. The minimum absolute atomic E-state index is 0.0602. The Labute approximate surface area is 128 Å². The number of allylic oxidation sites excluding steroid dienone is 2. The van der Waals surface area contributed by atoms with E-state index in [0.717, 1.165) is 5.69 Å². The maximum atomic E-state index is 13.4. The molecule has 0 radical (unpaired) electrons. The Morgan fingerprint density at radius 3 is 2.95 bits per heavy atom. The van der Waals surface area contributed by atoms with Crippen LogP contribution < -0.4 is 0 Å². The number of H-pyrrole nitrogens is 1. The van der Waals surface area contributed by atoms with E-state index in [4.69, 9.17) is 4.74 Å². The summed E-state index contributed by atoms with van der Waals surface area (Å²) in [4.78, 5) is 18.9. The van der Waals surface area contributed by atoms with E-state index in [1.165, 1.54) is 13.0 Å². The van der Waals surface area contributed by atoms with Crippen LogP contribution in [0.4, 0.5) is 4.39 Å². The van der Waals surface area contributed by atoms with Gasteiger partial charge in [0.05, 0.1) is 30.1 Å². The number of aromatic amines is 1. The largest absolute Gasteiger partial charge is 0.383 e. The molecule has 1 aromatic rings. The van der Waals surface area contributed by atoms with Crippen molar-refractivity contribution in [3.8, 4) is 0 Å². The Kier molecular flexibility index (Phi) is 7.24. The number of nitro groups is 1. The molecule has 22 heavy (non-hydrogen) atoms. The third kappa shape index (κ3) is 6.04. The first-order chi connectivity index (χ1) is 10.4. The van der Waals surface area contributed by atoms with Gasteiger partial charge < -0.3 is 14.6 Å². The van der Waals surface area contributed by atoms with Gasteiger partial charge in [-0.05, 0) is 13.5 Å². The smallest absolute Gasteiger partial charge is 0.264 e. The molecule has 1 unspecified atom stereocenters. The Bertz CT molecular complexity index is 514. The maximum Gasteiger partial charge on any atom is 0.264 e. The second kappa shape index (κ2) is 8.93. The van der Waals surface area contributed by atoms with Crippen LogP contribution in [0.1, 0.15) is 19.0 Å². The molecule has 1 rings (SSSR count). The van der Waals surface area contributed by atoms with E-state index < -0.39 is 11.1 Å². The third-order valence-corrected chi connectivity index (χ3v) is 2.95. The number of ether oxygens (including phenoxy) is 1. The Hall–Kier alpha value is -2.22. The van der Waals surface area contributed by atoms with Crippen molar-refractivity contribution in [2.75, 3.05) is 20.3 Å². The summed E-state index contributed by atoms with van der Waals surface area (Å²) in [6, 6.07) is 0. The normalized spacial score (nSPS) is 13.0. The van der Waals surface area contributed by atoms with E-state index in [2.05, 4.69) is 16.5 Å². The Morgan fingerprint density at radius 1 is 1.73 bits per heavy atom. The molecule has 1 N–H and O–H groups in total. The van der Waals surface area contributed by atoms with Crippen LogP contribution in [0.2, 0.25) is 0 Å². The van der Waals surface area contributed by atoms with Crippen molar-refractivity contribution in [3.63, 3.8) is 0 Å². The van der Waals surface area contributed by atoms with Gasteiger partial charge in [0.25, 0.3) is 5.70 Å². The summed E-state index contributed by atoms with van der Waals surface area (Å²) >= 11 is 0. The predicted molar refractivity (Wildman–Crippen MR) is 80.3 cm³/mol. The van der Waals surface area contributed by atoms with Gasteiger partial charge in [-0.15, -0.1) is 0 Å². The van der Waals surface area contributed by atoms with E-state index in [1.807, 2.05) is 4.90 Å². The first-order valence-electron chi connectivity index (χ1n) is 6.83. The number of imidazole rings is 1. The van der Waals surface area contributed by atoms with Gasteiger partial charge in [0.15, 0.2) is 0 Å². The van der Waals surface area contributed by atoms with Crippen LogP contribution in [0.5, 0.6) is 0 Å². The fourth-order valence-corrected chi connectivity index (χ4v) is 1.91. The predicted octanol–water partition coefficient (Wildman–Crippen LogP) is 2.28. The topological polar surface area (TPSA) is 84.3 Å². The van der Waals surface area contributed by atoms with Crippen molar-refractivity contribution in [2.24, 2.45) is 0 Å². The van der Waals surface area contributed by atoms with Crippen LogP contribution in [0.15, 0.2) is 36.6 Å². The van der Waals surface area contributed by atoms with Gasteiger partial charge in [-0.2, -0.15) is 0 Å². The average Bonchev–Trinajstić information content (AvgIpc) is 2.94. The van der Waals surface area contributed by atoms with Gasteiger partial charge in [0, 0.05) is 38.0 Å². The first kappa shape index (κ1) is 17.8. The second-order valence-electron chi connectivity index (χ2n) is 4.86. The molecule has 0 fully saturated rings. The summed E-state index contributed by atoms with van der Waals surface area (Å²) in [5.74, 6) is 0. The molecule has 0 saturated carbocycles.